The average Bonchev–Trinajstić information content (AvgIpc) is 2.49. The highest BCUT2D eigenvalue weighted by molar-refractivity contribution is 5.96. The van der Waals surface area contributed by atoms with Crippen molar-refractivity contribution in [1.82, 2.24) is 5.32 Å². The van der Waals surface area contributed by atoms with E-state index >= 15 is 0 Å². The van der Waals surface area contributed by atoms with Gasteiger partial charge in [0.2, 0.25) is 0 Å². The van der Waals surface area contributed by atoms with Crippen molar-refractivity contribution >= 4 is 12.0 Å². The zero-order chi connectivity index (χ0) is 14.4. The Morgan fingerprint density at radius 2 is 1.75 bits per heavy atom. The van der Waals surface area contributed by atoms with Crippen molar-refractivity contribution < 1.29 is 9.18 Å². The molecule has 0 atom stereocenters. The number of hydrogen-bond donors (Lipinski definition) is 1. The lowest BCUT2D eigenvalue weighted by Crippen LogP contribution is -2.21. The van der Waals surface area contributed by atoms with Gasteiger partial charge >= 0.3 is 0 Å². The molecule has 0 aromatic heterocycles. The molecule has 2 aromatic rings. The molecule has 0 unspecified atom stereocenters. The molecule has 0 aliphatic heterocycles. The van der Waals surface area contributed by atoms with Crippen molar-refractivity contribution in [2.24, 2.45) is 0 Å². The molecule has 2 aromatic carbocycles. The van der Waals surface area contributed by atoms with Gasteiger partial charge in [0.05, 0.1) is 0 Å². The van der Waals surface area contributed by atoms with Crippen LogP contribution in [-0.4, -0.2) is 5.91 Å². The lowest BCUT2D eigenvalue weighted by molar-refractivity contribution is 0.0968. The quantitative estimate of drug-likeness (QED) is 0.868. The molecule has 0 bridgehead atoms. The second kappa shape index (κ2) is 6.30. The molecule has 0 aliphatic carbocycles. The first-order valence-corrected chi connectivity index (χ1v) is 5.93. The summed E-state index contributed by atoms with van der Waals surface area (Å²) in [5.74, 6) is -0.713. The van der Waals surface area contributed by atoms with E-state index in [9.17, 15) is 9.18 Å². The van der Waals surface area contributed by atoms with Gasteiger partial charge in [-0.25, -0.2) is 4.39 Å². The van der Waals surface area contributed by atoms with Crippen LogP contribution in [0.5, 0.6) is 0 Å². The van der Waals surface area contributed by atoms with Crippen LogP contribution in [-0.2, 0) is 0 Å². The van der Waals surface area contributed by atoms with Crippen molar-refractivity contribution in [2.75, 3.05) is 0 Å². The summed E-state index contributed by atoms with van der Waals surface area (Å²) in [7, 11) is 0. The summed E-state index contributed by atoms with van der Waals surface area (Å²) in [6.07, 6.45) is 1.49. The molecule has 2 rings (SSSR count). The number of carbonyl (C=O) groups is 1. The predicted octanol–water partition coefficient (Wildman–Crippen LogP) is 3.12. The molecule has 0 aliphatic rings. The molecule has 0 heterocycles. The van der Waals surface area contributed by atoms with E-state index in [1.54, 1.807) is 30.3 Å². The van der Waals surface area contributed by atoms with Crippen LogP contribution in [0.15, 0.2) is 60.3 Å². The Morgan fingerprint density at radius 3 is 2.35 bits per heavy atom. The fraction of sp³-hybridized carbons (Fsp3) is 0. The van der Waals surface area contributed by atoms with Gasteiger partial charge in [0.25, 0.3) is 5.91 Å². The Balaban J connectivity index is 2.16. The van der Waals surface area contributed by atoms with E-state index in [1.165, 1.54) is 30.3 Å². The zero-order valence-corrected chi connectivity index (χ0v) is 10.5. The maximum Gasteiger partial charge on any atom is 0.256 e. The Labute approximate surface area is 116 Å². The van der Waals surface area contributed by atoms with Crippen molar-refractivity contribution in [3.63, 3.8) is 0 Å². The van der Waals surface area contributed by atoms with E-state index in [1.807, 2.05) is 6.07 Å². The minimum absolute atomic E-state index is 0.102. The number of nitriles is 1. The van der Waals surface area contributed by atoms with E-state index in [-0.39, 0.29) is 17.4 Å². The third-order valence-corrected chi connectivity index (χ3v) is 2.59. The van der Waals surface area contributed by atoms with E-state index in [0.717, 1.165) is 0 Å². The molecule has 20 heavy (non-hydrogen) atoms. The SMILES string of the molecule is N#C/C(=C\c1ccc(F)cc1)NC(=O)c1ccccc1. The highest BCUT2D eigenvalue weighted by atomic mass is 19.1. The number of hydrogen-bond acceptors (Lipinski definition) is 2. The second-order valence-corrected chi connectivity index (χ2v) is 4.04. The van der Waals surface area contributed by atoms with Gasteiger partial charge in [-0.3, -0.25) is 4.79 Å². The molecule has 0 radical (unpaired) electrons. The lowest BCUT2D eigenvalue weighted by atomic mass is 10.2. The van der Waals surface area contributed by atoms with Crippen molar-refractivity contribution in [3.8, 4) is 6.07 Å². The Hall–Kier alpha value is -2.93. The number of nitrogens with zero attached hydrogens (tertiary/aromatic N) is 1. The van der Waals surface area contributed by atoms with Gasteiger partial charge in [-0.2, -0.15) is 5.26 Å². The summed E-state index contributed by atoms with van der Waals surface area (Å²) in [6, 6.07) is 16.1. The first kappa shape index (κ1) is 13.5. The van der Waals surface area contributed by atoms with Gasteiger partial charge in [-0.05, 0) is 35.9 Å². The maximum atomic E-state index is 12.8. The van der Waals surface area contributed by atoms with Crippen LogP contribution in [0.25, 0.3) is 6.08 Å². The largest absolute Gasteiger partial charge is 0.313 e. The maximum absolute atomic E-state index is 12.8. The van der Waals surface area contributed by atoms with Gasteiger partial charge in [-0.15, -0.1) is 0 Å². The summed E-state index contributed by atoms with van der Waals surface area (Å²) in [5, 5.41) is 11.5. The Morgan fingerprint density at radius 1 is 1.10 bits per heavy atom. The average molecular weight is 266 g/mol. The second-order valence-electron chi connectivity index (χ2n) is 4.04. The third kappa shape index (κ3) is 3.53. The van der Waals surface area contributed by atoms with Crippen LogP contribution in [0.4, 0.5) is 4.39 Å². The molecular formula is C16H11FN2O. The summed E-state index contributed by atoms with van der Waals surface area (Å²) in [6.45, 7) is 0. The third-order valence-electron chi connectivity index (χ3n) is 2.59. The van der Waals surface area contributed by atoms with Crippen molar-refractivity contribution in [2.45, 2.75) is 0 Å². The van der Waals surface area contributed by atoms with Gasteiger partial charge in [0.1, 0.15) is 17.6 Å². The van der Waals surface area contributed by atoms with E-state index in [0.29, 0.717) is 11.1 Å². The number of halogens is 1. The molecular weight excluding hydrogens is 255 g/mol. The van der Waals surface area contributed by atoms with Gasteiger partial charge in [0, 0.05) is 5.56 Å². The molecule has 0 saturated carbocycles. The number of amides is 1. The van der Waals surface area contributed by atoms with Crippen LogP contribution in [0.2, 0.25) is 0 Å². The summed E-state index contributed by atoms with van der Waals surface area (Å²) in [5.41, 5.74) is 1.20. The predicted molar refractivity (Wildman–Crippen MR) is 73.9 cm³/mol. The Bertz CT molecular complexity index is 670. The lowest BCUT2D eigenvalue weighted by Gasteiger charge is -2.03. The van der Waals surface area contributed by atoms with Crippen LogP contribution in [0, 0.1) is 17.1 Å². The van der Waals surface area contributed by atoms with Crippen LogP contribution in [0.1, 0.15) is 15.9 Å². The molecule has 0 fully saturated rings. The number of benzene rings is 2. The topological polar surface area (TPSA) is 52.9 Å². The van der Waals surface area contributed by atoms with Crippen LogP contribution >= 0.6 is 0 Å². The summed E-state index contributed by atoms with van der Waals surface area (Å²) >= 11 is 0. The zero-order valence-electron chi connectivity index (χ0n) is 10.5. The Kier molecular flexibility index (Phi) is 4.25. The van der Waals surface area contributed by atoms with Crippen LogP contribution < -0.4 is 5.32 Å². The normalized spacial score (nSPS) is 10.7. The number of rotatable bonds is 3. The number of allylic oxidation sites excluding steroid dienone is 1. The number of carbonyl (C=O) groups excluding carboxylic acids is 1. The fourth-order valence-corrected chi connectivity index (χ4v) is 1.61. The molecule has 1 N–H and O–H groups in total. The van der Waals surface area contributed by atoms with Gasteiger partial charge in [-0.1, -0.05) is 30.3 Å². The van der Waals surface area contributed by atoms with E-state index in [4.69, 9.17) is 5.26 Å². The van der Waals surface area contributed by atoms with Gasteiger partial charge in [0.15, 0.2) is 0 Å². The van der Waals surface area contributed by atoms with Crippen molar-refractivity contribution in [3.05, 3.63) is 77.2 Å². The number of nitrogens with one attached hydrogen (secondary N) is 1. The first-order chi connectivity index (χ1) is 9.69. The monoisotopic (exact) mass is 266 g/mol. The molecule has 1 amide bonds. The summed E-state index contributed by atoms with van der Waals surface area (Å²) in [4.78, 5) is 11.9. The van der Waals surface area contributed by atoms with Gasteiger partial charge < -0.3 is 5.32 Å². The minimum Gasteiger partial charge on any atom is -0.313 e. The molecule has 4 heteroatoms. The molecule has 98 valence electrons. The van der Waals surface area contributed by atoms with E-state index in [2.05, 4.69) is 5.32 Å². The smallest absolute Gasteiger partial charge is 0.256 e. The highest BCUT2D eigenvalue weighted by Crippen LogP contribution is 2.07. The molecule has 3 nitrogen and oxygen atoms in total. The standard InChI is InChI=1S/C16H11FN2O/c17-14-8-6-12(7-9-14)10-15(11-18)19-16(20)13-4-2-1-3-5-13/h1-10H,(H,19,20)/b15-10+. The van der Waals surface area contributed by atoms with Crippen molar-refractivity contribution in [1.29, 1.82) is 5.26 Å². The summed E-state index contributed by atoms with van der Waals surface area (Å²) < 4.78 is 12.8. The fourth-order valence-electron chi connectivity index (χ4n) is 1.61. The minimum atomic E-state index is -0.361. The molecule has 0 saturated heterocycles. The highest BCUT2D eigenvalue weighted by Gasteiger charge is 2.06. The van der Waals surface area contributed by atoms with Crippen LogP contribution in [0.3, 0.4) is 0 Å². The van der Waals surface area contributed by atoms with E-state index < -0.39 is 0 Å². The first-order valence-electron chi connectivity index (χ1n) is 5.93. The molecule has 0 spiro atoms.